The van der Waals surface area contributed by atoms with E-state index in [1.54, 1.807) is 18.2 Å². The van der Waals surface area contributed by atoms with Crippen LogP contribution in [0.4, 0.5) is 18.9 Å². The highest BCUT2D eigenvalue weighted by atomic mass is 35.5. The van der Waals surface area contributed by atoms with E-state index in [0.29, 0.717) is 11.6 Å². The Balaban J connectivity index is 2.04. The molecule has 2 amide bonds. The molecule has 0 spiro atoms. The zero-order chi connectivity index (χ0) is 20.2. The van der Waals surface area contributed by atoms with Gasteiger partial charge in [0.15, 0.2) is 0 Å². The summed E-state index contributed by atoms with van der Waals surface area (Å²) in [6, 6.07) is 7.38. The average molecular weight is 439 g/mol. The van der Waals surface area contributed by atoms with Crippen LogP contribution in [0.2, 0.25) is 15.1 Å². The lowest BCUT2D eigenvalue weighted by Crippen LogP contribution is -2.32. The third kappa shape index (κ3) is 5.59. The van der Waals surface area contributed by atoms with Gasteiger partial charge in [0, 0.05) is 11.3 Å². The van der Waals surface area contributed by atoms with Crippen LogP contribution in [0.3, 0.4) is 0 Å². The Kier molecular flexibility index (Phi) is 6.69. The van der Waals surface area contributed by atoms with E-state index in [9.17, 15) is 22.8 Å². The largest absolute Gasteiger partial charge is 0.417 e. The molecule has 2 aromatic rings. The number of halogens is 6. The maximum atomic E-state index is 12.8. The molecule has 5 nitrogen and oxygen atoms in total. The van der Waals surface area contributed by atoms with Gasteiger partial charge in [-0.15, -0.1) is 0 Å². The predicted octanol–water partition coefficient (Wildman–Crippen LogP) is 4.75. The summed E-state index contributed by atoms with van der Waals surface area (Å²) >= 11 is 17.3. The molecule has 0 heterocycles. The Hall–Kier alpha value is -2.29. The summed E-state index contributed by atoms with van der Waals surface area (Å²) in [7, 11) is 0. The van der Waals surface area contributed by atoms with Crippen LogP contribution in [0.5, 0.6) is 0 Å². The van der Waals surface area contributed by atoms with Gasteiger partial charge in [0.05, 0.1) is 26.8 Å². The molecule has 0 saturated carbocycles. The normalized spacial score (nSPS) is 11.5. The molecule has 2 N–H and O–H groups in total. The summed E-state index contributed by atoms with van der Waals surface area (Å²) in [5.74, 6) is -2.44. The third-order valence-corrected chi connectivity index (χ3v) is 4.08. The Morgan fingerprint density at radius 2 is 1.59 bits per heavy atom. The van der Waals surface area contributed by atoms with E-state index in [4.69, 9.17) is 34.8 Å². The molecule has 0 aliphatic heterocycles. The van der Waals surface area contributed by atoms with Gasteiger partial charge in [0.1, 0.15) is 0 Å². The van der Waals surface area contributed by atoms with E-state index >= 15 is 0 Å². The van der Waals surface area contributed by atoms with Crippen molar-refractivity contribution in [3.8, 4) is 0 Å². The summed E-state index contributed by atoms with van der Waals surface area (Å²) in [5, 5.41) is 5.56. The van der Waals surface area contributed by atoms with Gasteiger partial charge < -0.3 is 5.32 Å². The van der Waals surface area contributed by atoms with Crippen LogP contribution in [-0.4, -0.2) is 18.0 Å². The average Bonchev–Trinajstić information content (AvgIpc) is 2.58. The second kappa shape index (κ2) is 8.60. The molecule has 0 unspecified atom stereocenters. The summed E-state index contributed by atoms with van der Waals surface area (Å²) < 4.78 is 38.4. The lowest BCUT2D eigenvalue weighted by atomic mass is 10.2. The molecule has 11 heteroatoms. The summed E-state index contributed by atoms with van der Waals surface area (Å²) in [5.41, 5.74) is 0.825. The molecule has 0 aromatic heterocycles. The fourth-order valence-corrected chi connectivity index (χ4v) is 2.57. The first-order chi connectivity index (χ1) is 12.6. The molecule has 2 rings (SSSR count). The second-order valence-corrected chi connectivity index (χ2v) is 6.20. The van der Waals surface area contributed by atoms with Crippen LogP contribution < -0.4 is 10.7 Å². The summed E-state index contributed by atoms with van der Waals surface area (Å²) in [6.07, 6.45) is -3.58. The number of hydrazone groups is 1. The van der Waals surface area contributed by atoms with Gasteiger partial charge in [-0.3, -0.25) is 9.59 Å². The molecule has 0 saturated heterocycles. The third-order valence-electron chi connectivity index (χ3n) is 3.10. The molecular weight excluding hydrogens is 430 g/mol. The van der Waals surface area contributed by atoms with Crippen molar-refractivity contribution in [1.82, 2.24) is 5.43 Å². The molecule has 0 atom stereocenters. The number of hydrogen-bond acceptors (Lipinski definition) is 3. The molecule has 0 fully saturated rings. The molecule has 0 aliphatic carbocycles. The quantitative estimate of drug-likeness (QED) is 0.412. The smallest absolute Gasteiger partial charge is 0.318 e. The van der Waals surface area contributed by atoms with Crippen LogP contribution >= 0.6 is 34.8 Å². The first-order valence-corrected chi connectivity index (χ1v) is 8.18. The number of anilines is 1. The number of benzene rings is 2. The molecular formula is C16H9Cl3F3N3O2. The highest BCUT2D eigenvalue weighted by molar-refractivity contribution is 6.40. The fraction of sp³-hybridized carbons (Fsp3) is 0.0625. The number of rotatable bonds is 3. The van der Waals surface area contributed by atoms with Crippen molar-refractivity contribution in [2.45, 2.75) is 6.18 Å². The molecule has 2 aromatic carbocycles. The molecule has 0 aliphatic rings. The van der Waals surface area contributed by atoms with Gasteiger partial charge in [-0.1, -0.05) is 40.9 Å². The van der Waals surface area contributed by atoms with Crippen LogP contribution in [-0.2, 0) is 15.8 Å². The van der Waals surface area contributed by atoms with Gasteiger partial charge in [0.25, 0.3) is 0 Å². The van der Waals surface area contributed by atoms with Gasteiger partial charge in [0.2, 0.25) is 0 Å². The minimum Gasteiger partial charge on any atom is -0.318 e. The van der Waals surface area contributed by atoms with Gasteiger partial charge in [-0.25, -0.2) is 5.43 Å². The SMILES string of the molecule is O=C(N/N=C/c1c(Cl)cccc1Cl)C(=O)Nc1ccc(Cl)c(C(F)(F)F)c1. The Bertz CT molecular complexity index is 897. The lowest BCUT2D eigenvalue weighted by molar-refractivity contribution is -0.137. The number of carbonyl (C=O) groups excluding carboxylic acids is 2. The maximum Gasteiger partial charge on any atom is 0.417 e. The first kappa shape index (κ1) is 21.0. The van der Waals surface area contributed by atoms with Crippen molar-refractivity contribution in [3.05, 3.63) is 62.6 Å². The number of nitrogens with one attached hydrogen (secondary N) is 2. The van der Waals surface area contributed by atoms with Crippen LogP contribution in [0.25, 0.3) is 0 Å². The summed E-state index contributed by atoms with van der Waals surface area (Å²) in [6.45, 7) is 0. The topological polar surface area (TPSA) is 70.6 Å². The van der Waals surface area contributed by atoms with Crippen LogP contribution in [0.1, 0.15) is 11.1 Å². The van der Waals surface area contributed by atoms with E-state index in [-0.39, 0.29) is 15.7 Å². The van der Waals surface area contributed by atoms with Crippen LogP contribution in [0, 0.1) is 0 Å². The Labute approximate surface area is 166 Å². The lowest BCUT2D eigenvalue weighted by Gasteiger charge is -2.11. The van der Waals surface area contributed by atoms with Crippen molar-refractivity contribution in [2.24, 2.45) is 5.10 Å². The minimum atomic E-state index is -4.71. The fourth-order valence-electron chi connectivity index (χ4n) is 1.85. The van der Waals surface area contributed by atoms with Gasteiger partial charge >= 0.3 is 18.0 Å². The Morgan fingerprint density at radius 3 is 2.19 bits per heavy atom. The molecule has 27 heavy (non-hydrogen) atoms. The zero-order valence-electron chi connectivity index (χ0n) is 13.1. The van der Waals surface area contributed by atoms with Crippen molar-refractivity contribution in [3.63, 3.8) is 0 Å². The molecule has 142 valence electrons. The van der Waals surface area contributed by atoms with E-state index in [2.05, 4.69) is 5.10 Å². The second-order valence-electron chi connectivity index (χ2n) is 4.98. The van der Waals surface area contributed by atoms with Gasteiger partial charge in [-0.2, -0.15) is 18.3 Å². The van der Waals surface area contributed by atoms with Crippen molar-refractivity contribution < 1.29 is 22.8 Å². The summed E-state index contributed by atoms with van der Waals surface area (Å²) in [4.78, 5) is 23.5. The van der Waals surface area contributed by atoms with Crippen molar-refractivity contribution in [1.29, 1.82) is 0 Å². The van der Waals surface area contributed by atoms with E-state index < -0.39 is 28.6 Å². The number of carbonyl (C=O) groups is 2. The van der Waals surface area contributed by atoms with Crippen LogP contribution in [0.15, 0.2) is 41.5 Å². The number of alkyl halides is 3. The Morgan fingerprint density at radius 1 is 0.963 bits per heavy atom. The standard InChI is InChI=1S/C16H9Cl3F3N3O2/c17-11-2-1-3-12(18)9(11)7-23-25-15(27)14(26)24-8-4-5-13(19)10(6-8)16(20,21)22/h1-7H,(H,24,26)(H,25,27)/b23-7+. The highest BCUT2D eigenvalue weighted by Crippen LogP contribution is 2.36. The number of amides is 2. The minimum absolute atomic E-state index is 0.259. The number of hydrogen-bond donors (Lipinski definition) is 2. The molecule has 0 bridgehead atoms. The zero-order valence-corrected chi connectivity index (χ0v) is 15.3. The first-order valence-electron chi connectivity index (χ1n) is 7.04. The predicted molar refractivity (Wildman–Crippen MR) is 97.3 cm³/mol. The monoisotopic (exact) mass is 437 g/mol. The molecule has 0 radical (unpaired) electrons. The van der Waals surface area contributed by atoms with Gasteiger partial charge in [-0.05, 0) is 30.3 Å². The van der Waals surface area contributed by atoms with E-state index in [1.807, 2.05) is 10.7 Å². The van der Waals surface area contributed by atoms with E-state index in [1.165, 1.54) is 0 Å². The van der Waals surface area contributed by atoms with Crippen molar-refractivity contribution >= 4 is 58.5 Å². The van der Waals surface area contributed by atoms with Crippen molar-refractivity contribution in [2.75, 3.05) is 5.32 Å². The van der Waals surface area contributed by atoms with E-state index in [0.717, 1.165) is 18.3 Å². The maximum absolute atomic E-state index is 12.8. The highest BCUT2D eigenvalue weighted by Gasteiger charge is 2.33. The number of nitrogens with zero attached hydrogens (tertiary/aromatic N) is 1.